The lowest BCUT2D eigenvalue weighted by atomic mass is 10.0. The maximum absolute atomic E-state index is 11.5. The lowest BCUT2D eigenvalue weighted by Gasteiger charge is -2.08. The highest BCUT2D eigenvalue weighted by atomic mass is 32.2. The van der Waals surface area contributed by atoms with E-state index in [4.69, 9.17) is 0 Å². The standard InChI is InChI=1S/C16H17N3OS/c1-21(20)16-18-17-12-19(16)11-5-9-14-8-4-7-13-6-2-3-10-15(13)14/h2-4,6-8,10,12H,5,9,11H2,1H3/t21-/m1/s1. The third-order valence-corrected chi connectivity index (χ3v) is 4.39. The Morgan fingerprint density at radius 3 is 2.81 bits per heavy atom. The van der Waals surface area contributed by atoms with Crippen molar-refractivity contribution in [2.45, 2.75) is 24.5 Å². The minimum Gasteiger partial charge on any atom is -0.307 e. The zero-order chi connectivity index (χ0) is 14.7. The molecular weight excluding hydrogens is 282 g/mol. The van der Waals surface area contributed by atoms with Gasteiger partial charge in [0.15, 0.2) is 0 Å². The third kappa shape index (κ3) is 3.03. The summed E-state index contributed by atoms with van der Waals surface area (Å²) in [5, 5.41) is 10.9. The summed E-state index contributed by atoms with van der Waals surface area (Å²) < 4.78 is 13.4. The Kier molecular flexibility index (Phi) is 4.10. The van der Waals surface area contributed by atoms with E-state index in [0.29, 0.717) is 5.16 Å². The number of hydrogen-bond donors (Lipinski definition) is 0. The van der Waals surface area contributed by atoms with E-state index in [0.717, 1.165) is 19.4 Å². The summed E-state index contributed by atoms with van der Waals surface area (Å²) in [5.74, 6) is 0. The van der Waals surface area contributed by atoms with Gasteiger partial charge in [-0.15, -0.1) is 10.2 Å². The van der Waals surface area contributed by atoms with Crippen LogP contribution < -0.4 is 0 Å². The molecule has 0 bridgehead atoms. The molecule has 3 aromatic rings. The lowest BCUT2D eigenvalue weighted by molar-refractivity contribution is 0.585. The van der Waals surface area contributed by atoms with Gasteiger partial charge in [-0.25, -0.2) is 0 Å². The average Bonchev–Trinajstić information content (AvgIpc) is 2.96. The summed E-state index contributed by atoms with van der Waals surface area (Å²) in [6.07, 6.45) is 5.23. The molecule has 108 valence electrons. The highest BCUT2D eigenvalue weighted by molar-refractivity contribution is 7.84. The molecule has 0 amide bonds. The molecule has 0 unspecified atom stereocenters. The van der Waals surface area contributed by atoms with Crippen molar-refractivity contribution in [1.29, 1.82) is 0 Å². The number of aromatic nitrogens is 3. The predicted octanol–water partition coefficient (Wildman–Crippen LogP) is 2.80. The van der Waals surface area contributed by atoms with Crippen molar-refractivity contribution in [3.63, 3.8) is 0 Å². The second-order valence-corrected chi connectivity index (χ2v) is 6.28. The maximum atomic E-state index is 11.5. The molecule has 0 aliphatic rings. The van der Waals surface area contributed by atoms with Gasteiger partial charge in [-0.05, 0) is 29.2 Å². The van der Waals surface area contributed by atoms with Gasteiger partial charge in [0.05, 0.1) is 10.8 Å². The van der Waals surface area contributed by atoms with E-state index in [2.05, 4.69) is 52.7 Å². The molecule has 1 heterocycles. The highest BCUT2D eigenvalue weighted by Gasteiger charge is 2.07. The van der Waals surface area contributed by atoms with E-state index in [1.54, 1.807) is 12.6 Å². The first kappa shape index (κ1) is 13.9. The zero-order valence-corrected chi connectivity index (χ0v) is 12.7. The fourth-order valence-corrected chi connectivity index (χ4v) is 3.20. The van der Waals surface area contributed by atoms with Crippen LogP contribution in [-0.2, 0) is 23.8 Å². The molecule has 1 atom stereocenters. The van der Waals surface area contributed by atoms with Crippen molar-refractivity contribution >= 4 is 21.6 Å². The van der Waals surface area contributed by atoms with E-state index in [-0.39, 0.29) is 0 Å². The number of nitrogens with zero attached hydrogens (tertiary/aromatic N) is 3. The van der Waals surface area contributed by atoms with E-state index in [9.17, 15) is 4.21 Å². The first-order chi connectivity index (χ1) is 10.3. The maximum Gasteiger partial charge on any atom is 0.221 e. The Labute approximate surface area is 126 Å². The summed E-state index contributed by atoms with van der Waals surface area (Å²) in [5.41, 5.74) is 1.35. The van der Waals surface area contributed by atoms with Gasteiger partial charge < -0.3 is 4.57 Å². The van der Waals surface area contributed by atoms with Gasteiger partial charge >= 0.3 is 0 Å². The van der Waals surface area contributed by atoms with Crippen LogP contribution in [0.3, 0.4) is 0 Å². The monoisotopic (exact) mass is 299 g/mol. The second kappa shape index (κ2) is 6.18. The minimum absolute atomic E-state index is 0.549. The summed E-state index contributed by atoms with van der Waals surface area (Å²) in [4.78, 5) is 0. The molecule has 4 nitrogen and oxygen atoms in total. The normalized spacial score (nSPS) is 12.6. The predicted molar refractivity (Wildman–Crippen MR) is 84.6 cm³/mol. The van der Waals surface area contributed by atoms with Gasteiger partial charge in [-0.2, -0.15) is 0 Å². The minimum atomic E-state index is -1.09. The summed E-state index contributed by atoms with van der Waals surface area (Å²) in [6, 6.07) is 14.8. The van der Waals surface area contributed by atoms with Crippen LogP contribution in [0.5, 0.6) is 0 Å². The molecule has 21 heavy (non-hydrogen) atoms. The van der Waals surface area contributed by atoms with Crippen molar-refractivity contribution in [3.8, 4) is 0 Å². The molecule has 0 N–H and O–H groups in total. The van der Waals surface area contributed by atoms with Gasteiger partial charge in [0.1, 0.15) is 6.33 Å². The van der Waals surface area contributed by atoms with Crippen molar-refractivity contribution in [3.05, 3.63) is 54.4 Å². The van der Waals surface area contributed by atoms with Gasteiger partial charge in [0, 0.05) is 12.8 Å². The largest absolute Gasteiger partial charge is 0.307 e. The van der Waals surface area contributed by atoms with E-state index >= 15 is 0 Å². The molecule has 0 saturated carbocycles. The van der Waals surface area contributed by atoms with Crippen LogP contribution >= 0.6 is 0 Å². The highest BCUT2D eigenvalue weighted by Crippen LogP contribution is 2.20. The number of benzene rings is 2. The van der Waals surface area contributed by atoms with Gasteiger partial charge in [0.25, 0.3) is 0 Å². The van der Waals surface area contributed by atoms with Gasteiger partial charge in [-0.1, -0.05) is 42.5 Å². The summed E-state index contributed by atoms with van der Waals surface area (Å²) in [7, 11) is -1.09. The molecule has 1 aromatic heterocycles. The number of fused-ring (bicyclic) bond motifs is 1. The Bertz CT molecular complexity index is 777. The first-order valence-electron chi connectivity index (χ1n) is 6.93. The third-order valence-electron chi connectivity index (χ3n) is 3.56. The van der Waals surface area contributed by atoms with E-state index < -0.39 is 10.8 Å². The van der Waals surface area contributed by atoms with Crippen molar-refractivity contribution in [1.82, 2.24) is 14.8 Å². The molecule has 3 rings (SSSR count). The van der Waals surface area contributed by atoms with Crippen LogP contribution in [0.2, 0.25) is 0 Å². The molecule has 2 aromatic carbocycles. The van der Waals surface area contributed by atoms with E-state index in [1.165, 1.54) is 16.3 Å². The Hall–Kier alpha value is -2.01. The second-order valence-electron chi connectivity index (χ2n) is 5.00. The Balaban J connectivity index is 1.72. The first-order valence-corrected chi connectivity index (χ1v) is 8.49. The summed E-state index contributed by atoms with van der Waals surface area (Å²) in [6.45, 7) is 0.783. The van der Waals surface area contributed by atoms with Gasteiger partial charge in [-0.3, -0.25) is 4.21 Å². The quantitative estimate of drug-likeness (QED) is 0.728. The topological polar surface area (TPSA) is 47.8 Å². The smallest absolute Gasteiger partial charge is 0.221 e. The van der Waals surface area contributed by atoms with Crippen LogP contribution in [0.4, 0.5) is 0 Å². The summed E-state index contributed by atoms with van der Waals surface area (Å²) >= 11 is 0. The molecule has 0 aliphatic carbocycles. The zero-order valence-electron chi connectivity index (χ0n) is 11.9. The number of hydrogen-bond acceptors (Lipinski definition) is 3. The lowest BCUT2D eigenvalue weighted by Crippen LogP contribution is -2.05. The van der Waals surface area contributed by atoms with Crippen LogP contribution in [-0.4, -0.2) is 25.2 Å². The molecular formula is C16H17N3OS. The Morgan fingerprint density at radius 1 is 1.14 bits per heavy atom. The van der Waals surface area contributed by atoms with Crippen LogP contribution in [0.15, 0.2) is 53.9 Å². The molecule has 0 saturated heterocycles. The van der Waals surface area contributed by atoms with Crippen LogP contribution in [0.1, 0.15) is 12.0 Å². The fraction of sp³-hybridized carbons (Fsp3) is 0.250. The molecule has 0 fully saturated rings. The Morgan fingerprint density at radius 2 is 1.95 bits per heavy atom. The van der Waals surface area contributed by atoms with Crippen molar-refractivity contribution < 1.29 is 4.21 Å². The SMILES string of the molecule is C[S@@](=O)c1nncn1CCCc1cccc2ccccc12. The number of rotatable bonds is 5. The average molecular weight is 299 g/mol. The van der Waals surface area contributed by atoms with Crippen molar-refractivity contribution in [2.75, 3.05) is 6.26 Å². The molecule has 5 heteroatoms. The van der Waals surface area contributed by atoms with Crippen LogP contribution in [0, 0.1) is 0 Å². The number of aryl methyl sites for hydroxylation is 2. The fourth-order valence-electron chi connectivity index (χ4n) is 2.57. The molecule has 0 radical (unpaired) electrons. The molecule has 0 aliphatic heterocycles. The van der Waals surface area contributed by atoms with Crippen molar-refractivity contribution in [2.24, 2.45) is 0 Å². The van der Waals surface area contributed by atoms with Gasteiger partial charge in [0.2, 0.25) is 5.16 Å². The van der Waals surface area contributed by atoms with Crippen LogP contribution in [0.25, 0.3) is 10.8 Å². The molecule has 0 spiro atoms. The van der Waals surface area contributed by atoms with E-state index in [1.807, 2.05) is 4.57 Å².